The van der Waals surface area contributed by atoms with Crippen LogP contribution in [-0.4, -0.2) is 80.6 Å². The standard InChI is InChI=1S/C46H73NO7/c1-6-8-10-12-14-16-18-19-20-21-22-23-24-25-27-28-30-32-34-36-44(48)53-41-42(40-52-39-38-43(46(50)51)47(3,4)5)54-45(49)37-35-33-31-29-26-17-15-13-11-9-7-2/h8-11,14-17,19-20,22-23,25,27,29,31,42-43H,6-7,12-13,18,21,24,26,28,30,32-41H2,1-5H3/p+1/b10-8+,11-9+,16-14+,17-15+,20-19+,23-22+,27-25+,31-29+. The number of carbonyl (C=O) groups excluding carboxylic acids is 2. The summed E-state index contributed by atoms with van der Waals surface area (Å²) in [5.41, 5.74) is 0. The van der Waals surface area contributed by atoms with Gasteiger partial charge in [-0.2, -0.15) is 0 Å². The van der Waals surface area contributed by atoms with Crippen LogP contribution in [-0.2, 0) is 28.6 Å². The summed E-state index contributed by atoms with van der Waals surface area (Å²) in [4.78, 5) is 36.8. The molecule has 0 bridgehead atoms. The van der Waals surface area contributed by atoms with Crippen molar-refractivity contribution in [1.29, 1.82) is 0 Å². The number of carbonyl (C=O) groups is 3. The summed E-state index contributed by atoms with van der Waals surface area (Å²) in [5.74, 6) is -1.60. The molecule has 54 heavy (non-hydrogen) atoms. The van der Waals surface area contributed by atoms with Crippen molar-refractivity contribution in [1.82, 2.24) is 0 Å². The number of rotatable bonds is 34. The smallest absolute Gasteiger partial charge is 0.362 e. The Bertz CT molecular complexity index is 1200. The summed E-state index contributed by atoms with van der Waals surface area (Å²) in [6.45, 7) is 4.37. The number of carboxylic acids is 1. The van der Waals surface area contributed by atoms with E-state index in [1.807, 2.05) is 21.1 Å². The Labute approximate surface area is 328 Å². The molecule has 0 rings (SSSR count). The van der Waals surface area contributed by atoms with Gasteiger partial charge in [0, 0.05) is 19.3 Å². The lowest BCUT2D eigenvalue weighted by molar-refractivity contribution is -0.887. The molecule has 0 aromatic rings. The minimum atomic E-state index is -0.893. The molecule has 0 aromatic carbocycles. The number of likely N-dealkylation sites (N-methyl/N-ethyl adjacent to an activating group) is 1. The van der Waals surface area contributed by atoms with Gasteiger partial charge in [0.1, 0.15) is 6.61 Å². The van der Waals surface area contributed by atoms with Gasteiger partial charge in [0.05, 0.1) is 34.4 Å². The van der Waals surface area contributed by atoms with Crippen LogP contribution in [0.4, 0.5) is 0 Å². The summed E-state index contributed by atoms with van der Waals surface area (Å²) in [5, 5.41) is 9.59. The third-order valence-corrected chi connectivity index (χ3v) is 8.23. The molecular formula is C46H74NO7+. The third kappa shape index (κ3) is 34.0. The van der Waals surface area contributed by atoms with Gasteiger partial charge in [0.25, 0.3) is 0 Å². The van der Waals surface area contributed by atoms with Gasteiger partial charge in [-0.1, -0.05) is 117 Å². The number of hydrogen-bond acceptors (Lipinski definition) is 6. The third-order valence-electron chi connectivity index (χ3n) is 8.23. The first-order valence-electron chi connectivity index (χ1n) is 20.3. The Balaban J connectivity index is 4.49. The molecule has 304 valence electrons. The lowest BCUT2D eigenvalue weighted by Gasteiger charge is -2.31. The van der Waals surface area contributed by atoms with Gasteiger partial charge in [-0.25, -0.2) is 4.79 Å². The van der Waals surface area contributed by atoms with E-state index in [1.54, 1.807) is 0 Å². The zero-order chi connectivity index (χ0) is 40.0. The average Bonchev–Trinajstić information content (AvgIpc) is 3.12. The van der Waals surface area contributed by atoms with Crippen molar-refractivity contribution < 1.29 is 38.2 Å². The largest absolute Gasteiger partial charge is 0.477 e. The van der Waals surface area contributed by atoms with Crippen LogP contribution in [0.25, 0.3) is 0 Å². The minimum absolute atomic E-state index is 0.0232. The fourth-order valence-corrected chi connectivity index (χ4v) is 5.14. The molecule has 8 nitrogen and oxygen atoms in total. The predicted molar refractivity (Wildman–Crippen MR) is 224 cm³/mol. The lowest BCUT2D eigenvalue weighted by atomic mass is 10.1. The Morgan fingerprint density at radius 3 is 1.46 bits per heavy atom. The second kappa shape index (κ2) is 36.2. The van der Waals surface area contributed by atoms with Gasteiger partial charge < -0.3 is 23.8 Å². The number of hydrogen-bond donors (Lipinski definition) is 1. The van der Waals surface area contributed by atoms with Crippen LogP contribution in [0.2, 0.25) is 0 Å². The monoisotopic (exact) mass is 753 g/mol. The van der Waals surface area contributed by atoms with E-state index in [0.29, 0.717) is 19.3 Å². The lowest BCUT2D eigenvalue weighted by Crippen LogP contribution is -2.50. The fraction of sp³-hybridized carbons (Fsp3) is 0.587. The Morgan fingerprint density at radius 2 is 1.00 bits per heavy atom. The summed E-state index contributed by atoms with van der Waals surface area (Å²) >= 11 is 0. The van der Waals surface area contributed by atoms with E-state index >= 15 is 0 Å². The van der Waals surface area contributed by atoms with E-state index in [4.69, 9.17) is 14.2 Å². The van der Waals surface area contributed by atoms with Gasteiger partial charge in [-0.3, -0.25) is 9.59 Å². The fourth-order valence-electron chi connectivity index (χ4n) is 5.14. The van der Waals surface area contributed by atoms with Crippen LogP contribution in [0.3, 0.4) is 0 Å². The number of ether oxygens (including phenoxy) is 3. The molecule has 0 spiro atoms. The zero-order valence-corrected chi connectivity index (χ0v) is 34.4. The summed E-state index contributed by atoms with van der Waals surface area (Å²) in [7, 11) is 5.48. The first-order valence-corrected chi connectivity index (χ1v) is 20.3. The van der Waals surface area contributed by atoms with Crippen molar-refractivity contribution in [2.24, 2.45) is 0 Å². The van der Waals surface area contributed by atoms with Crippen molar-refractivity contribution >= 4 is 17.9 Å². The van der Waals surface area contributed by atoms with Gasteiger partial charge in [-0.15, -0.1) is 0 Å². The molecular weight excluding hydrogens is 679 g/mol. The molecule has 0 saturated heterocycles. The Kier molecular flexibility index (Phi) is 33.7. The zero-order valence-electron chi connectivity index (χ0n) is 34.4. The Hall–Kier alpha value is -3.75. The van der Waals surface area contributed by atoms with E-state index in [2.05, 4.69) is 111 Å². The van der Waals surface area contributed by atoms with Gasteiger partial charge >= 0.3 is 17.9 Å². The first-order chi connectivity index (χ1) is 26.1. The van der Waals surface area contributed by atoms with E-state index in [1.165, 1.54) is 0 Å². The average molecular weight is 753 g/mol. The predicted octanol–water partition coefficient (Wildman–Crippen LogP) is 10.7. The van der Waals surface area contributed by atoms with Crippen molar-refractivity contribution in [3.63, 3.8) is 0 Å². The maximum absolute atomic E-state index is 12.6. The van der Waals surface area contributed by atoms with Crippen LogP contribution in [0.15, 0.2) is 97.2 Å². The normalized spacial score (nSPS) is 14.0. The van der Waals surface area contributed by atoms with Crippen LogP contribution < -0.4 is 0 Å². The van der Waals surface area contributed by atoms with Crippen molar-refractivity contribution in [3.05, 3.63) is 97.2 Å². The highest BCUT2D eigenvalue weighted by Gasteiger charge is 2.31. The number of nitrogens with zero attached hydrogens (tertiary/aromatic N) is 1. The second-order valence-corrected chi connectivity index (χ2v) is 14.1. The summed E-state index contributed by atoms with van der Waals surface area (Å²) in [6.07, 6.45) is 47.5. The van der Waals surface area contributed by atoms with Crippen LogP contribution >= 0.6 is 0 Å². The molecule has 1 N–H and O–H groups in total. The maximum Gasteiger partial charge on any atom is 0.362 e. The van der Waals surface area contributed by atoms with Gasteiger partial charge in [-0.05, 0) is 83.5 Å². The van der Waals surface area contributed by atoms with E-state index in [-0.39, 0.29) is 42.7 Å². The SMILES string of the molecule is CC/C=C/C/C=C/C/C=C/C/C=C/C/C=C/CCCCCC(=O)OCC(COCCC(C(=O)O)[N+](C)(C)C)OC(=O)CCC/C=C/C/C=C/C/C=C/CC. The topological polar surface area (TPSA) is 99.1 Å². The first kappa shape index (κ1) is 50.2. The highest BCUT2D eigenvalue weighted by molar-refractivity contribution is 5.72. The molecule has 0 radical (unpaired) electrons. The molecule has 8 heteroatoms. The number of esters is 2. The maximum atomic E-state index is 12.6. The van der Waals surface area contributed by atoms with Crippen molar-refractivity contribution in [2.45, 2.75) is 135 Å². The van der Waals surface area contributed by atoms with Crippen molar-refractivity contribution in [3.8, 4) is 0 Å². The molecule has 0 heterocycles. The van der Waals surface area contributed by atoms with Crippen LogP contribution in [0, 0.1) is 0 Å². The van der Waals surface area contributed by atoms with E-state index < -0.39 is 18.1 Å². The minimum Gasteiger partial charge on any atom is -0.477 e. The molecule has 0 fully saturated rings. The molecule has 2 unspecified atom stereocenters. The number of aliphatic carboxylic acids is 1. The van der Waals surface area contributed by atoms with Crippen LogP contribution in [0.5, 0.6) is 0 Å². The number of unbranched alkanes of at least 4 members (excludes halogenated alkanes) is 4. The van der Waals surface area contributed by atoms with Gasteiger partial charge in [0.2, 0.25) is 0 Å². The molecule has 0 amide bonds. The Morgan fingerprint density at radius 1 is 0.556 bits per heavy atom. The van der Waals surface area contributed by atoms with Crippen LogP contribution in [0.1, 0.15) is 123 Å². The number of quaternary nitrogens is 1. The van der Waals surface area contributed by atoms with E-state index in [0.717, 1.165) is 83.5 Å². The molecule has 0 aliphatic heterocycles. The van der Waals surface area contributed by atoms with Crippen molar-refractivity contribution in [2.75, 3.05) is 41.0 Å². The van der Waals surface area contributed by atoms with E-state index in [9.17, 15) is 19.5 Å². The highest BCUT2D eigenvalue weighted by atomic mass is 16.6. The van der Waals surface area contributed by atoms with Gasteiger partial charge in [0.15, 0.2) is 12.1 Å². The second-order valence-electron chi connectivity index (χ2n) is 14.1. The molecule has 0 aliphatic carbocycles. The quantitative estimate of drug-likeness (QED) is 0.0302. The molecule has 0 saturated carbocycles. The summed E-state index contributed by atoms with van der Waals surface area (Å²) in [6, 6.07) is -0.633. The number of allylic oxidation sites excluding steroid dienone is 16. The molecule has 2 atom stereocenters. The molecule has 0 aromatic heterocycles. The molecule has 0 aliphatic rings. The summed E-state index contributed by atoms with van der Waals surface area (Å²) < 4.78 is 17.1. The number of carboxylic acid groups (broad SMARTS) is 1. The highest BCUT2D eigenvalue weighted by Crippen LogP contribution is 2.11.